The summed E-state index contributed by atoms with van der Waals surface area (Å²) in [6.45, 7) is 13.5. The van der Waals surface area contributed by atoms with Gasteiger partial charge in [0.05, 0.1) is 19.6 Å². The van der Waals surface area contributed by atoms with Crippen LogP contribution in [0.25, 0.3) is 0 Å². The standard InChI is InChI=1S/C22H32N4O3S/c1-13(2)17-9-16-11-29-12-19(16)22(14(3)4)18(17)10-20(27)25-30(23,28)21-7-8-26(24-21)15(5)6/h7-9,13-15H,10-12H2,1-6H3,(H2,23,25,27,28). The quantitative estimate of drug-likeness (QED) is 0.739. The third-order valence-electron chi connectivity index (χ3n) is 5.40. The molecule has 1 aliphatic heterocycles. The molecule has 0 spiro atoms. The highest BCUT2D eigenvalue weighted by molar-refractivity contribution is 7.91. The van der Waals surface area contributed by atoms with E-state index in [1.54, 1.807) is 16.9 Å². The maximum absolute atomic E-state index is 12.9. The van der Waals surface area contributed by atoms with E-state index < -0.39 is 15.8 Å². The van der Waals surface area contributed by atoms with E-state index in [1.165, 1.54) is 11.1 Å². The lowest BCUT2D eigenvalue weighted by atomic mass is 9.82. The monoisotopic (exact) mass is 432 g/mol. The van der Waals surface area contributed by atoms with Crippen LogP contribution < -0.4 is 5.14 Å². The minimum Gasteiger partial charge on any atom is -0.372 e. The van der Waals surface area contributed by atoms with Gasteiger partial charge in [-0.05, 0) is 59.6 Å². The molecular weight excluding hydrogens is 400 g/mol. The van der Waals surface area contributed by atoms with E-state index in [0.29, 0.717) is 13.2 Å². The van der Waals surface area contributed by atoms with Gasteiger partial charge in [0, 0.05) is 12.2 Å². The van der Waals surface area contributed by atoms with Crippen LogP contribution in [0.3, 0.4) is 0 Å². The largest absolute Gasteiger partial charge is 0.372 e. The van der Waals surface area contributed by atoms with Gasteiger partial charge in [-0.15, -0.1) is 4.36 Å². The second-order valence-corrected chi connectivity index (χ2v) is 10.5. The molecule has 1 aromatic heterocycles. The van der Waals surface area contributed by atoms with Crippen LogP contribution in [0.1, 0.15) is 87.2 Å². The Morgan fingerprint density at radius 1 is 1.23 bits per heavy atom. The van der Waals surface area contributed by atoms with Crippen molar-refractivity contribution in [1.29, 1.82) is 0 Å². The summed E-state index contributed by atoms with van der Waals surface area (Å²) in [5.74, 6) is -0.0321. The lowest BCUT2D eigenvalue weighted by Gasteiger charge is -2.22. The first kappa shape index (κ1) is 22.7. The van der Waals surface area contributed by atoms with Gasteiger partial charge in [0.2, 0.25) is 0 Å². The van der Waals surface area contributed by atoms with Gasteiger partial charge in [0.15, 0.2) is 14.9 Å². The number of carbonyl (C=O) groups is 1. The van der Waals surface area contributed by atoms with Gasteiger partial charge >= 0.3 is 0 Å². The zero-order valence-corrected chi connectivity index (χ0v) is 19.5. The molecule has 1 unspecified atom stereocenters. The Bertz CT molecular complexity index is 1080. The van der Waals surface area contributed by atoms with E-state index in [-0.39, 0.29) is 29.3 Å². The molecule has 8 heteroatoms. The van der Waals surface area contributed by atoms with Crippen molar-refractivity contribution in [2.45, 2.75) is 84.1 Å². The summed E-state index contributed by atoms with van der Waals surface area (Å²) in [4.78, 5) is 12.9. The number of nitrogens with zero attached hydrogens (tertiary/aromatic N) is 3. The fourth-order valence-corrected chi connectivity index (χ4v) is 4.92. The molecule has 0 saturated carbocycles. The highest BCUT2D eigenvalue weighted by Crippen LogP contribution is 2.37. The van der Waals surface area contributed by atoms with Crippen LogP contribution in [0.4, 0.5) is 0 Å². The van der Waals surface area contributed by atoms with Gasteiger partial charge < -0.3 is 4.74 Å². The lowest BCUT2D eigenvalue weighted by Crippen LogP contribution is -2.18. The molecule has 2 heterocycles. The van der Waals surface area contributed by atoms with E-state index in [0.717, 1.165) is 16.7 Å². The average molecular weight is 433 g/mol. The molecule has 0 aliphatic carbocycles. The Morgan fingerprint density at radius 3 is 2.50 bits per heavy atom. The van der Waals surface area contributed by atoms with E-state index in [2.05, 4.69) is 43.2 Å². The number of carbonyl (C=O) groups excluding carboxylic acids is 1. The molecule has 3 rings (SSSR count). The van der Waals surface area contributed by atoms with E-state index in [9.17, 15) is 9.00 Å². The third kappa shape index (κ3) is 4.50. The number of amides is 1. The normalized spacial score (nSPS) is 15.7. The summed E-state index contributed by atoms with van der Waals surface area (Å²) in [5, 5.41) is 10.3. The fraction of sp³-hybridized carbons (Fsp3) is 0.545. The van der Waals surface area contributed by atoms with Gasteiger partial charge in [-0.1, -0.05) is 33.8 Å². The Balaban J connectivity index is 2.02. The average Bonchev–Trinajstić information content (AvgIpc) is 3.29. The lowest BCUT2D eigenvalue weighted by molar-refractivity contribution is -0.117. The first-order chi connectivity index (χ1) is 14.0. The highest BCUT2D eigenvalue weighted by atomic mass is 32.2. The summed E-state index contributed by atoms with van der Waals surface area (Å²) in [7, 11) is -3.40. The highest BCUT2D eigenvalue weighted by Gasteiger charge is 2.26. The predicted molar refractivity (Wildman–Crippen MR) is 117 cm³/mol. The Hall–Kier alpha value is -2.03. The first-order valence-electron chi connectivity index (χ1n) is 10.4. The minimum absolute atomic E-state index is 0.0629. The molecule has 1 amide bonds. The summed E-state index contributed by atoms with van der Waals surface area (Å²) < 4.78 is 24.2. The number of rotatable bonds is 6. The van der Waals surface area contributed by atoms with Crippen LogP contribution in [0.2, 0.25) is 0 Å². The van der Waals surface area contributed by atoms with Gasteiger partial charge in [0.25, 0.3) is 5.91 Å². The Kier molecular flexibility index (Phi) is 6.50. The first-order valence-corrected chi connectivity index (χ1v) is 12.0. The van der Waals surface area contributed by atoms with Crippen LogP contribution >= 0.6 is 0 Å². The molecule has 164 valence electrons. The van der Waals surface area contributed by atoms with Crippen molar-refractivity contribution >= 4 is 15.8 Å². The van der Waals surface area contributed by atoms with E-state index >= 15 is 0 Å². The SMILES string of the molecule is CC(C)c1cc2c(c(C(C)C)c1CC(=O)N=S(N)(=O)c1ccn(C(C)C)n1)COC2. The molecule has 7 nitrogen and oxygen atoms in total. The predicted octanol–water partition coefficient (Wildman–Crippen LogP) is 4.21. The summed E-state index contributed by atoms with van der Waals surface area (Å²) in [6.07, 6.45) is 1.76. The van der Waals surface area contributed by atoms with Crippen molar-refractivity contribution in [3.8, 4) is 0 Å². The van der Waals surface area contributed by atoms with Crippen LogP contribution in [-0.2, 0) is 39.1 Å². The Morgan fingerprint density at radius 2 is 1.93 bits per heavy atom. The number of hydrogen-bond donors (Lipinski definition) is 1. The second kappa shape index (κ2) is 8.61. The molecular formula is C22H32N4O3S. The zero-order valence-electron chi connectivity index (χ0n) is 18.6. The van der Waals surface area contributed by atoms with Crippen molar-refractivity contribution in [3.05, 3.63) is 46.1 Å². The molecule has 0 saturated heterocycles. The fourth-order valence-electron chi connectivity index (χ4n) is 3.99. The third-order valence-corrected chi connectivity index (χ3v) is 6.69. The zero-order chi connectivity index (χ0) is 22.2. The number of nitrogens with two attached hydrogens (primary N) is 1. The maximum Gasteiger partial charge on any atom is 0.259 e. The van der Waals surface area contributed by atoms with Gasteiger partial charge in [-0.3, -0.25) is 9.48 Å². The molecule has 1 aliphatic rings. The topological polar surface area (TPSA) is 99.6 Å². The van der Waals surface area contributed by atoms with Gasteiger partial charge in [-0.2, -0.15) is 5.10 Å². The summed E-state index contributed by atoms with van der Waals surface area (Å²) in [6, 6.07) is 3.80. The number of benzene rings is 1. The smallest absolute Gasteiger partial charge is 0.259 e. The minimum atomic E-state index is -3.40. The van der Waals surface area contributed by atoms with E-state index in [4.69, 9.17) is 9.88 Å². The van der Waals surface area contributed by atoms with Gasteiger partial charge in [-0.25, -0.2) is 9.35 Å². The molecule has 2 aromatic rings. The van der Waals surface area contributed by atoms with Crippen molar-refractivity contribution in [2.75, 3.05) is 0 Å². The molecule has 0 bridgehead atoms. The molecule has 2 N–H and O–H groups in total. The van der Waals surface area contributed by atoms with Crippen molar-refractivity contribution in [3.63, 3.8) is 0 Å². The molecule has 0 fully saturated rings. The van der Waals surface area contributed by atoms with Crippen LogP contribution in [0.5, 0.6) is 0 Å². The number of aromatic nitrogens is 2. The summed E-state index contributed by atoms with van der Waals surface area (Å²) in [5.41, 5.74) is 5.57. The van der Waals surface area contributed by atoms with Crippen molar-refractivity contribution in [1.82, 2.24) is 9.78 Å². The van der Waals surface area contributed by atoms with Crippen LogP contribution in [0.15, 0.2) is 27.7 Å². The second-order valence-electron chi connectivity index (χ2n) is 8.76. The van der Waals surface area contributed by atoms with Gasteiger partial charge in [0.1, 0.15) is 0 Å². The number of hydrogen-bond acceptors (Lipinski definition) is 4. The molecule has 1 atom stereocenters. The Labute approximate surface area is 179 Å². The van der Waals surface area contributed by atoms with Crippen molar-refractivity contribution in [2.24, 2.45) is 9.50 Å². The van der Waals surface area contributed by atoms with Crippen LogP contribution in [0, 0.1) is 0 Å². The summed E-state index contributed by atoms with van der Waals surface area (Å²) >= 11 is 0. The van der Waals surface area contributed by atoms with Crippen LogP contribution in [-0.4, -0.2) is 19.9 Å². The molecule has 1 aromatic carbocycles. The maximum atomic E-state index is 12.9. The molecule has 30 heavy (non-hydrogen) atoms. The van der Waals surface area contributed by atoms with Crippen molar-refractivity contribution < 1.29 is 13.7 Å². The molecule has 0 radical (unpaired) electrons. The van der Waals surface area contributed by atoms with E-state index in [1.807, 2.05) is 13.8 Å². The number of ether oxygens (including phenoxy) is 1. The number of fused-ring (bicyclic) bond motifs is 1.